The zero-order chi connectivity index (χ0) is 28.6. The first-order chi connectivity index (χ1) is 16.2. The molecular weight excluding hydrogens is 564 g/mol. The van der Waals surface area contributed by atoms with Crippen LogP contribution in [0.2, 0.25) is 0 Å². The van der Waals surface area contributed by atoms with Gasteiger partial charge < -0.3 is 9.47 Å². The van der Waals surface area contributed by atoms with E-state index in [1.54, 1.807) is 6.92 Å². The van der Waals surface area contributed by atoms with Crippen molar-refractivity contribution in [1.29, 1.82) is 0 Å². The summed E-state index contributed by atoms with van der Waals surface area (Å²) in [5.74, 6) is -39.0. The molecule has 0 rings (SSSR count). The first kappa shape index (κ1) is 34.3. The molecule has 0 aliphatic heterocycles. The minimum atomic E-state index is -7.71. The van der Waals surface area contributed by atoms with Crippen LogP contribution in [0.15, 0.2) is 0 Å². The molecule has 0 spiro atoms. The van der Waals surface area contributed by atoms with E-state index in [9.17, 15) is 62.3 Å². The van der Waals surface area contributed by atoms with E-state index in [4.69, 9.17) is 5.26 Å². The van der Waals surface area contributed by atoms with Crippen molar-refractivity contribution < 1.29 is 86.4 Å². The molecule has 1 atom stereocenters. The Morgan fingerprint density at radius 2 is 1.42 bits per heavy atom. The molecule has 0 aliphatic rings. The Balaban J connectivity index is 5.44. The summed E-state index contributed by atoms with van der Waals surface area (Å²) in [5, 5.41) is 9.33. The third-order valence-corrected chi connectivity index (χ3v) is 4.89. The Labute approximate surface area is 198 Å². The third kappa shape index (κ3) is 7.67. The van der Waals surface area contributed by atoms with Crippen LogP contribution in [0.5, 0.6) is 0 Å². The second-order valence-corrected chi connectivity index (χ2v) is 7.67. The second-order valence-electron chi connectivity index (χ2n) is 6.77. The van der Waals surface area contributed by atoms with Crippen molar-refractivity contribution >= 4 is 24.0 Å². The van der Waals surface area contributed by atoms with Gasteiger partial charge >= 0.3 is 48.0 Å². The van der Waals surface area contributed by atoms with Crippen LogP contribution in [0.4, 0.5) is 52.7 Å². The number of hydrogen-bond acceptors (Lipinski definition) is 8. The summed E-state index contributed by atoms with van der Waals surface area (Å²) in [5.41, 5.74) is 0. The molecule has 0 fully saturated rings. The molecule has 7 nitrogen and oxygen atoms in total. The molecule has 1 N–H and O–H groups in total. The van der Waals surface area contributed by atoms with Gasteiger partial charge in [-0.1, -0.05) is 18.4 Å². The minimum Gasteiger partial charge on any atom is -0.466 e. The van der Waals surface area contributed by atoms with Gasteiger partial charge in [0.05, 0.1) is 38.1 Å². The van der Waals surface area contributed by atoms with Gasteiger partial charge in [-0.25, -0.2) is 14.0 Å². The molecule has 0 saturated carbocycles. The van der Waals surface area contributed by atoms with Crippen molar-refractivity contribution in [3.63, 3.8) is 0 Å². The number of carbonyl (C=O) groups excluding carboxylic acids is 2. The van der Waals surface area contributed by atoms with Crippen molar-refractivity contribution in [3.05, 3.63) is 0 Å². The number of alkyl halides is 12. The van der Waals surface area contributed by atoms with Crippen LogP contribution in [-0.2, 0) is 28.4 Å². The zero-order valence-electron chi connectivity index (χ0n) is 17.7. The minimum absolute atomic E-state index is 0.121. The smallest absolute Gasteiger partial charge is 0.384 e. The molecule has 0 bridgehead atoms. The largest absolute Gasteiger partial charge is 0.466 e. The van der Waals surface area contributed by atoms with Crippen molar-refractivity contribution in [2.75, 3.05) is 13.2 Å². The molecule has 36 heavy (non-hydrogen) atoms. The number of rotatable bonds is 17. The van der Waals surface area contributed by atoms with Crippen LogP contribution in [-0.4, -0.2) is 71.7 Å². The van der Waals surface area contributed by atoms with E-state index < -0.39 is 72.7 Å². The van der Waals surface area contributed by atoms with Crippen LogP contribution >= 0.6 is 12.0 Å². The Kier molecular flexibility index (Phi) is 12.6. The van der Waals surface area contributed by atoms with Gasteiger partial charge in [0.2, 0.25) is 0 Å². The zero-order valence-corrected chi connectivity index (χ0v) is 18.6. The van der Waals surface area contributed by atoms with Crippen molar-refractivity contribution in [3.8, 4) is 0 Å². The fourth-order valence-corrected chi connectivity index (χ4v) is 2.55. The first-order valence-corrected chi connectivity index (χ1v) is 10.2. The number of unbranched alkanes of at least 4 members (excludes halogenated alkanes) is 1. The molecule has 1 unspecified atom stereocenters. The van der Waals surface area contributed by atoms with Gasteiger partial charge in [-0.15, -0.1) is 4.33 Å². The molecule has 0 radical (unpaired) electrons. The van der Waals surface area contributed by atoms with Gasteiger partial charge in [0.25, 0.3) is 0 Å². The maximum atomic E-state index is 13.7. The van der Waals surface area contributed by atoms with Crippen LogP contribution in [0.25, 0.3) is 0 Å². The summed E-state index contributed by atoms with van der Waals surface area (Å²) in [4.78, 5) is 23.5. The average Bonchev–Trinajstić information content (AvgIpc) is 2.75. The molecule has 214 valence electrons. The maximum Gasteiger partial charge on any atom is 0.384 e. The van der Waals surface area contributed by atoms with Gasteiger partial charge in [-0.05, 0) is 6.42 Å². The standard InChI is InChI=1S/C16H18F12O7S/c1-2-3-5-32-9(29)7-8(36-35-34-31)10(30)33-6-4-12(19,20)14(23,24)16(27,28)15(25,26)13(21,22)11(17)18/h8,11,31H,2-7H2,1H3. The average molecular weight is 582 g/mol. The van der Waals surface area contributed by atoms with E-state index in [2.05, 4.69) is 18.8 Å². The fraction of sp³-hybridized carbons (Fsp3) is 0.875. The van der Waals surface area contributed by atoms with E-state index in [1.165, 1.54) is 0 Å². The third-order valence-electron chi connectivity index (χ3n) is 4.16. The highest BCUT2D eigenvalue weighted by Gasteiger charge is 2.87. The van der Waals surface area contributed by atoms with E-state index in [0.29, 0.717) is 12.8 Å². The lowest BCUT2D eigenvalue weighted by Crippen LogP contribution is -2.68. The lowest BCUT2D eigenvalue weighted by atomic mass is 9.93. The molecule has 0 aromatic rings. The number of ether oxygens (including phenoxy) is 2. The van der Waals surface area contributed by atoms with Gasteiger partial charge in [-0.3, -0.25) is 9.59 Å². The van der Waals surface area contributed by atoms with Crippen molar-refractivity contribution in [2.24, 2.45) is 0 Å². The SMILES string of the molecule is CCCCOC(=O)CC(SOOO)C(=O)OCCC(F)(F)C(F)(F)C(F)(F)C(F)(F)C(F)(F)C(F)F. The Bertz CT molecular complexity index is 724. The summed E-state index contributed by atoms with van der Waals surface area (Å²) in [6, 6.07) is 0. The second kappa shape index (κ2) is 13.2. The van der Waals surface area contributed by atoms with Crippen molar-refractivity contribution in [2.45, 2.75) is 73.9 Å². The Hall–Kier alpha value is -1.67. The molecule has 0 heterocycles. The number of halogens is 12. The highest BCUT2D eigenvalue weighted by Crippen LogP contribution is 2.58. The molecule has 20 heteroatoms. The lowest BCUT2D eigenvalue weighted by molar-refractivity contribution is -0.432. The Morgan fingerprint density at radius 1 is 0.861 bits per heavy atom. The van der Waals surface area contributed by atoms with Crippen LogP contribution < -0.4 is 0 Å². The predicted octanol–water partition coefficient (Wildman–Crippen LogP) is 5.53. The molecule has 0 aromatic carbocycles. The summed E-state index contributed by atoms with van der Waals surface area (Å²) in [6.45, 7) is -0.350. The van der Waals surface area contributed by atoms with E-state index in [0.717, 1.165) is 0 Å². The van der Waals surface area contributed by atoms with Gasteiger partial charge in [0, 0.05) is 0 Å². The summed E-state index contributed by atoms with van der Waals surface area (Å²) >= 11 is -0.183. The molecular formula is C16H18F12O7S. The van der Waals surface area contributed by atoms with Crippen LogP contribution in [0, 0.1) is 0 Å². The van der Waals surface area contributed by atoms with Crippen molar-refractivity contribution in [1.82, 2.24) is 0 Å². The van der Waals surface area contributed by atoms with E-state index in [1.807, 2.05) is 0 Å². The van der Waals surface area contributed by atoms with Crippen LogP contribution in [0.3, 0.4) is 0 Å². The molecule has 0 aliphatic carbocycles. The highest BCUT2D eigenvalue weighted by molar-refractivity contribution is 7.95. The topological polar surface area (TPSA) is 91.3 Å². The maximum absolute atomic E-state index is 13.7. The molecule has 0 amide bonds. The van der Waals surface area contributed by atoms with Gasteiger partial charge in [-0.2, -0.15) is 43.9 Å². The van der Waals surface area contributed by atoms with Gasteiger partial charge in [0.1, 0.15) is 5.25 Å². The summed E-state index contributed by atoms with van der Waals surface area (Å²) in [6.07, 6.45) is -8.29. The fourth-order valence-electron chi connectivity index (χ4n) is 2.07. The summed E-state index contributed by atoms with van der Waals surface area (Å²) < 4.78 is 170. The lowest BCUT2D eigenvalue weighted by Gasteiger charge is -2.39. The molecule has 0 saturated heterocycles. The highest BCUT2D eigenvalue weighted by atomic mass is 32.2. The quantitative estimate of drug-likeness (QED) is 0.0598. The number of hydrogen-bond donors (Lipinski definition) is 1. The predicted molar refractivity (Wildman–Crippen MR) is 93.0 cm³/mol. The van der Waals surface area contributed by atoms with E-state index in [-0.39, 0.29) is 18.6 Å². The van der Waals surface area contributed by atoms with Gasteiger partial charge in [0.15, 0.2) is 0 Å². The number of carbonyl (C=O) groups is 2. The summed E-state index contributed by atoms with van der Waals surface area (Å²) in [7, 11) is 0. The van der Waals surface area contributed by atoms with Crippen LogP contribution in [0.1, 0.15) is 32.6 Å². The Morgan fingerprint density at radius 3 is 1.89 bits per heavy atom. The monoisotopic (exact) mass is 582 g/mol. The molecule has 0 aromatic heterocycles. The van der Waals surface area contributed by atoms with E-state index >= 15 is 0 Å². The first-order valence-electron chi connectivity index (χ1n) is 9.37. The number of esters is 2. The normalized spacial score (nSPS) is 14.6.